The molecule has 5 heteroatoms. The van der Waals surface area contributed by atoms with E-state index in [2.05, 4.69) is 0 Å². The van der Waals surface area contributed by atoms with Gasteiger partial charge in [-0.15, -0.1) is 0 Å². The highest BCUT2D eigenvalue weighted by molar-refractivity contribution is 6.68. The van der Waals surface area contributed by atoms with E-state index in [9.17, 15) is 0 Å². The minimum atomic E-state index is -2.13. The lowest BCUT2D eigenvalue weighted by atomic mass is 10.5. The Kier molecular flexibility index (Phi) is 2.66. The number of hydrogen-bond donors (Lipinski definition) is 1. The molecule has 1 aliphatic heterocycles. The minimum Gasteiger partial charge on any atom is -0.396 e. The summed E-state index contributed by atoms with van der Waals surface area (Å²) in [4.78, 5) is 0. The molecular formula is C6H14O4Si. The average Bonchev–Trinajstić information content (AvgIpc) is 2.82. The van der Waals surface area contributed by atoms with E-state index in [0.717, 1.165) is 0 Å². The zero-order valence-corrected chi connectivity index (χ0v) is 8.03. The van der Waals surface area contributed by atoms with Crippen molar-refractivity contribution in [2.45, 2.75) is 18.4 Å². The molecule has 1 rings (SSSR count). The molecule has 0 radical (unpaired) electrons. The highest BCUT2D eigenvalue weighted by atomic mass is 28.4. The first-order valence-corrected chi connectivity index (χ1v) is 5.94. The maximum absolute atomic E-state index is 8.72. The first kappa shape index (κ1) is 9.15. The molecule has 1 N–H and O–H groups in total. The van der Waals surface area contributed by atoms with E-state index in [1.807, 2.05) is 6.55 Å². The lowest BCUT2D eigenvalue weighted by molar-refractivity contribution is 0.225. The number of ether oxygens (including phenoxy) is 1. The molecule has 2 unspecified atom stereocenters. The van der Waals surface area contributed by atoms with E-state index in [1.54, 1.807) is 14.2 Å². The predicted molar refractivity (Wildman–Crippen MR) is 41.4 cm³/mol. The Balaban J connectivity index is 2.45. The molecule has 0 aromatic carbocycles. The summed E-state index contributed by atoms with van der Waals surface area (Å²) < 4.78 is 15.6. The number of rotatable bonds is 4. The first-order chi connectivity index (χ1) is 5.18. The molecule has 0 saturated carbocycles. The second kappa shape index (κ2) is 3.20. The van der Waals surface area contributed by atoms with Crippen molar-refractivity contribution in [3.05, 3.63) is 0 Å². The monoisotopic (exact) mass is 178 g/mol. The second-order valence-electron chi connectivity index (χ2n) is 2.70. The molecular weight excluding hydrogens is 164 g/mol. The van der Waals surface area contributed by atoms with Gasteiger partial charge in [0.25, 0.3) is 0 Å². The van der Waals surface area contributed by atoms with Crippen LogP contribution in [0.1, 0.15) is 0 Å². The van der Waals surface area contributed by atoms with Gasteiger partial charge in [0.1, 0.15) is 11.8 Å². The van der Waals surface area contributed by atoms with Crippen LogP contribution in [-0.4, -0.2) is 46.3 Å². The minimum absolute atomic E-state index is 0.00231. The first-order valence-electron chi connectivity index (χ1n) is 3.54. The smallest absolute Gasteiger partial charge is 0.367 e. The number of aliphatic hydroxyl groups excluding tert-OH is 1. The highest BCUT2D eigenvalue weighted by Crippen LogP contribution is 2.31. The van der Waals surface area contributed by atoms with Gasteiger partial charge in [0, 0.05) is 14.2 Å². The Labute approximate surface area is 67.3 Å². The summed E-state index contributed by atoms with van der Waals surface area (Å²) in [7, 11) is 1.10. The standard InChI is InChI=1S/C6H14O4Si/c1-8-11(3,9-2)6-5(4-7)10-6/h5-7H,4H2,1-3H3. The molecule has 0 aliphatic carbocycles. The van der Waals surface area contributed by atoms with Crippen LogP contribution in [0.4, 0.5) is 0 Å². The van der Waals surface area contributed by atoms with Crippen molar-refractivity contribution in [3.63, 3.8) is 0 Å². The summed E-state index contributed by atoms with van der Waals surface area (Å²) >= 11 is 0. The van der Waals surface area contributed by atoms with Crippen LogP contribution in [0.3, 0.4) is 0 Å². The molecule has 0 spiro atoms. The molecule has 1 aliphatic rings. The van der Waals surface area contributed by atoms with Crippen molar-refractivity contribution in [1.29, 1.82) is 0 Å². The van der Waals surface area contributed by atoms with Gasteiger partial charge in [0.05, 0.1) is 6.61 Å². The van der Waals surface area contributed by atoms with Gasteiger partial charge in [-0.1, -0.05) is 0 Å². The summed E-state index contributed by atoms with van der Waals surface area (Å²) in [6, 6.07) is 0. The molecule has 66 valence electrons. The Bertz CT molecular complexity index is 137. The quantitative estimate of drug-likeness (QED) is 0.472. The summed E-state index contributed by atoms with van der Waals surface area (Å²) in [5, 5.41) is 8.72. The Morgan fingerprint density at radius 2 is 2.00 bits per heavy atom. The third-order valence-electron chi connectivity index (χ3n) is 2.09. The molecule has 2 atom stereocenters. The van der Waals surface area contributed by atoms with Crippen molar-refractivity contribution in [2.24, 2.45) is 0 Å². The fourth-order valence-electron chi connectivity index (χ4n) is 1.06. The van der Waals surface area contributed by atoms with Crippen LogP contribution in [0.15, 0.2) is 0 Å². The van der Waals surface area contributed by atoms with Crippen molar-refractivity contribution in [2.75, 3.05) is 20.8 Å². The molecule has 1 fully saturated rings. The molecule has 1 heterocycles. The topological polar surface area (TPSA) is 51.2 Å². The predicted octanol–water partition coefficient (Wildman–Crippen LogP) is -0.350. The van der Waals surface area contributed by atoms with Gasteiger partial charge >= 0.3 is 8.56 Å². The normalized spacial score (nSPS) is 30.5. The van der Waals surface area contributed by atoms with Gasteiger partial charge in [-0.2, -0.15) is 0 Å². The van der Waals surface area contributed by atoms with E-state index in [-0.39, 0.29) is 18.4 Å². The second-order valence-corrected chi connectivity index (χ2v) is 6.12. The van der Waals surface area contributed by atoms with Crippen LogP contribution in [0, 0.1) is 0 Å². The Morgan fingerprint density at radius 1 is 1.45 bits per heavy atom. The van der Waals surface area contributed by atoms with Crippen LogP contribution in [-0.2, 0) is 13.6 Å². The fraction of sp³-hybridized carbons (Fsp3) is 1.00. The third kappa shape index (κ3) is 1.62. The van der Waals surface area contributed by atoms with Crippen molar-refractivity contribution >= 4 is 8.56 Å². The zero-order chi connectivity index (χ0) is 8.48. The number of aliphatic hydroxyl groups is 1. The maximum Gasteiger partial charge on any atom is 0.367 e. The van der Waals surface area contributed by atoms with Gasteiger partial charge in [0.15, 0.2) is 0 Å². The molecule has 0 amide bonds. The highest BCUT2D eigenvalue weighted by Gasteiger charge is 2.56. The van der Waals surface area contributed by atoms with E-state index in [1.165, 1.54) is 0 Å². The molecule has 11 heavy (non-hydrogen) atoms. The molecule has 0 aromatic rings. The van der Waals surface area contributed by atoms with Gasteiger partial charge in [-0.3, -0.25) is 0 Å². The van der Waals surface area contributed by atoms with Crippen LogP contribution >= 0.6 is 0 Å². The van der Waals surface area contributed by atoms with Crippen LogP contribution in [0.25, 0.3) is 0 Å². The Hall–Kier alpha value is 0.0569. The zero-order valence-electron chi connectivity index (χ0n) is 7.03. The molecule has 1 saturated heterocycles. The summed E-state index contributed by atoms with van der Waals surface area (Å²) in [6.45, 7) is 1.98. The van der Waals surface area contributed by atoms with Crippen LogP contribution in [0.5, 0.6) is 0 Å². The number of epoxide rings is 1. The lowest BCUT2D eigenvalue weighted by Gasteiger charge is -2.20. The van der Waals surface area contributed by atoms with Crippen LogP contribution < -0.4 is 0 Å². The summed E-state index contributed by atoms with van der Waals surface area (Å²) in [5.74, 6) is 0. The molecule has 0 bridgehead atoms. The van der Waals surface area contributed by atoms with Crippen molar-refractivity contribution < 1.29 is 18.7 Å². The van der Waals surface area contributed by atoms with Crippen molar-refractivity contribution in [3.8, 4) is 0 Å². The van der Waals surface area contributed by atoms with Gasteiger partial charge in [0.2, 0.25) is 0 Å². The Morgan fingerprint density at radius 3 is 2.27 bits per heavy atom. The van der Waals surface area contributed by atoms with E-state index < -0.39 is 8.56 Å². The largest absolute Gasteiger partial charge is 0.396 e. The molecule has 4 nitrogen and oxygen atoms in total. The summed E-state index contributed by atoms with van der Waals surface area (Å²) in [6.07, 6.45) is -0.0634. The van der Waals surface area contributed by atoms with E-state index in [0.29, 0.717) is 0 Å². The SMILES string of the molecule is CO[Si](C)(OC)C1OC1CO. The molecule has 0 aromatic heterocycles. The summed E-state index contributed by atoms with van der Waals surface area (Å²) in [5.41, 5.74) is 0.00231. The number of hydrogen-bond acceptors (Lipinski definition) is 4. The fourth-order valence-corrected chi connectivity index (χ4v) is 2.89. The maximum atomic E-state index is 8.72. The van der Waals surface area contributed by atoms with Gasteiger partial charge in [-0.05, 0) is 6.55 Å². The van der Waals surface area contributed by atoms with Crippen LogP contribution in [0.2, 0.25) is 6.55 Å². The van der Waals surface area contributed by atoms with Crippen molar-refractivity contribution in [1.82, 2.24) is 0 Å². The van der Waals surface area contributed by atoms with Gasteiger partial charge < -0.3 is 18.7 Å². The average molecular weight is 178 g/mol. The van der Waals surface area contributed by atoms with Gasteiger partial charge in [-0.25, -0.2) is 0 Å². The van der Waals surface area contributed by atoms with E-state index in [4.69, 9.17) is 18.7 Å². The third-order valence-corrected chi connectivity index (χ3v) is 5.25. The van der Waals surface area contributed by atoms with E-state index >= 15 is 0 Å². The lowest BCUT2D eigenvalue weighted by Crippen LogP contribution is -2.44.